The number of hydrogen-bond donors (Lipinski definition) is 1. The fourth-order valence-electron chi connectivity index (χ4n) is 7.25. The van der Waals surface area contributed by atoms with E-state index in [0.717, 1.165) is 41.0 Å². The molecule has 32 heavy (non-hydrogen) atoms. The largest absolute Gasteiger partial charge is 1.00 e. The quantitative estimate of drug-likeness (QED) is 0.336. The van der Waals surface area contributed by atoms with E-state index in [1.165, 1.54) is 12.8 Å². The maximum absolute atomic E-state index is 13.1. The Hall–Kier alpha value is -1.64. The van der Waals surface area contributed by atoms with Gasteiger partial charge >= 0.3 is 6.16 Å². The Morgan fingerprint density at radius 1 is 1.31 bits per heavy atom. The molecule has 3 fully saturated rings. The van der Waals surface area contributed by atoms with Crippen molar-refractivity contribution in [2.75, 3.05) is 26.7 Å². The first-order valence-corrected chi connectivity index (χ1v) is 11.6. The van der Waals surface area contributed by atoms with E-state index < -0.39 is 23.3 Å². The third-order valence-electron chi connectivity index (χ3n) is 8.72. The number of quaternary nitrogens is 1. The molecule has 2 saturated carbocycles. The molecule has 0 aromatic heterocycles. The van der Waals surface area contributed by atoms with Crippen molar-refractivity contribution in [2.24, 2.45) is 5.92 Å². The summed E-state index contributed by atoms with van der Waals surface area (Å²) in [6, 6.07) is 3.77. The lowest BCUT2D eigenvalue weighted by molar-refractivity contribution is -0.950. The number of aliphatic hydroxyl groups is 1. The van der Waals surface area contributed by atoms with Crippen molar-refractivity contribution in [3.8, 4) is 11.5 Å². The molecular formula is C24H30BrNO6. The fourth-order valence-corrected chi connectivity index (χ4v) is 7.25. The van der Waals surface area contributed by atoms with Gasteiger partial charge in [-0.3, -0.25) is 4.79 Å². The molecule has 5 atom stereocenters. The third kappa shape index (κ3) is 2.72. The zero-order valence-corrected chi connectivity index (χ0v) is 20.2. The van der Waals surface area contributed by atoms with Crippen molar-refractivity contribution in [1.29, 1.82) is 0 Å². The smallest absolute Gasteiger partial charge is 0.513 e. The zero-order valence-electron chi connectivity index (χ0n) is 18.6. The summed E-state index contributed by atoms with van der Waals surface area (Å²) in [5.74, 6) is 1.50. The van der Waals surface area contributed by atoms with Crippen LogP contribution in [0.5, 0.6) is 11.5 Å². The van der Waals surface area contributed by atoms with E-state index in [2.05, 4.69) is 7.05 Å². The van der Waals surface area contributed by atoms with Crippen molar-refractivity contribution >= 4 is 11.9 Å². The summed E-state index contributed by atoms with van der Waals surface area (Å²) < 4.78 is 17.5. The summed E-state index contributed by atoms with van der Waals surface area (Å²) in [5, 5.41) is 12.4. The highest BCUT2D eigenvalue weighted by Gasteiger charge is 2.76. The molecule has 174 valence electrons. The maximum Gasteiger partial charge on any atom is 0.513 e. The predicted molar refractivity (Wildman–Crippen MR) is 110 cm³/mol. The first-order chi connectivity index (χ1) is 14.8. The molecule has 0 unspecified atom stereocenters. The highest BCUT2D eigenvalue weighted by Crippen LogP contribution is 2.66. The summed E-state index contributed by atoms with van der Waals surface area (Å²) in [6.45, 7) is 3.94. The first-order valence-electron chi connectivity index (χ1n) is 11.6. The number of carbonyl (C=O) groups excluding carboxylic acids is 2. The molecule has 0 radical (unpaired) electrons. The highest BCUT2D eigenvalue weighted by molar-refractivity contribution is 5.90. The molecule has 2 heterocycles. The van der Waals surface area contributed by atoms with Crippen LogP contribution in [0.1, 0.15) is 50.2 Å². The second-order valence-corrected chi connectivity index (χ2v) is 10.4. The zero-order chi connectivity index (χ0) is 21.6. The number of ether oxygens (including phenoxy) is 3. The summed E-state index contributed by atoms with van der Waals surface area (Å²) in [4.78, 5) is 25.1. The van der Waals surface area contributed by atoms with Crippen LogP contribution in [0.4, 0.5) is 4.79 Å². The Labute approximate surface area is 198 Å². The Morgan fingerprint density at radius 2 is 2.09 bits per heavy atom. The number of hydrogen-bond acceptors (Lipinski definition) is 6. The molecule has 1 aromatic rings. The van der Waals surface area contributed by atoms with Crippen LogP contribution < -0.4 is 26.5 Å². The molecule has 6 rings (SSSR count). The van der Waals surface area contributed by atoms with E-state index in [1.54, 1.807) is 13.0 Å². The van der Waals surface area contributed by atoms with Gasteiger partial charge in [-0.15, -0.1) is 0 Å². The second kappa shape index (κ2) is 7.18. The van der Waals surface area contributed by atoms with Gasteiger partial charge in [0.15, 0.2) is 23.4 Å². The minimum Gasteiger partial charge on any atom is -1.00 e. The van der Waals surface area contributed by atoms with Crippen molar-refractivity contribution in [1.82, 2.24) is 0 Å². The lowest BCUT2D eigenvalue weighted by atomic mass is 9.48. The van der Waals surface area contributed by atoms with Crippen molar-refractivity contribution in [2.45, 2.75) is 68.6 Å². The van der Waals surface area contributed by atoms with Crippen LogP contribution in [-0.2, 0) is 21.4 Å². The van der Waals surface area contributed by atoms with Gasteiger partial charge in [0, 0.05) is 30.7 Å². The van der Waals surface area contributed by atoms with E-state index in [0.29, 0.717) is 25.0 Å². The number of carbonyl (C=O) groups is 2. The molecule has 1 saturated heterocycles. The fraction of sp³-hybridized carbons (Fsp3) is 0.667. The maximum atomic E-state index is 13.1. The SMILES string of the molecule is CCOC(=O)Oc1ccc2c3c1O[C@H]1C(=O)CC[C@@]4(O)[C@@H](C2)[N@@+](C)(CC2CC2)CC[C@]314.[Br-]. The molecule has 1 N–H and O–H groups in total. The van der Waals surface area contributed by atoms with Crippen LogP contribution in [0, 0.1) is 5.92 Å². The summed E-state index contributed by atoms with van der Waals surface area (Å²) in [5.41, 5.74) is 0.237. The van der Waals surface area contributed by atoms with Crippen molar-refractivity contribution in [3.63, 3.8) is 0 Å². The number of Topliss-reactive ketones (excluding diaryl/α,β-unsaturated/α-hetero) is 1. The average molecular weight is 508 g/mol. The summed E-state index contributed by atoms with van der Waals surface area (Å²) >= 11 is 0. The third-order valence-corrected chi connectivity index (χ3v) is 8.72. The van der Waals surface area contributed by atoms with E-state index in [1.807, 2.05) is 6.07 Å². The van der Waals surface area contributed by atoms with E-state index in [-0.39, 0.29) is 41.2 Å². The van der Waals surface area contributed by atoms with Crippen LogP contribution >= 0.6 is 0 Å². The number of piperidine rings is 1. The molecule has 7 nitrogen and oxygen atoms in total. The van der Waals surface area contributed by atoms with Gasteiger partial charge in [0.25, 0.3) is 0 Å². The minimum atomic E-state index is -1.01. The van der Waals surface area contributed by atoms with Gasteiger partial charge in [-0.2, -0.15) is 0 Å². The minimum absolute atomic E-state index is 0. The highest BCUT2D eigenvalue weighted by atomic mass is 79.9. The average Bonchev–Trinajstić information content (AvgIpc) is 3.45. The number of benzene rings is 1. The van der Waals surface area contributed by atoms with E-state index in [4.69, 9.17) is 14.2 Å². The van der Waals surface area contributed by atoms with Crippen LogP contribution in [0.3, 0.4) is 0 Å². The molecular weight excluding hydrogens is 478 g/mol. The number of halogens is 1. The molecule has 0 amide bonds. The predicted octanol–water partition coefficient (Wildman–Crippen LogP) is -0.496. The second-order valence-electron chi connectivity index (χ2n) is 10.4. The van der Waals surface area contributed by atoms with Crippen LogP contribution in [0.25, 0.3) is 0 Å². The molecule has 1 spiro atoms. The first kappa shape index (κ1) is 22.2. The van der Waals surface area contributed by atoms with Crippen molar-refractivity contribution in [3.05, 3.63) is 23.3 Å². The standard InChI is InChI=1S/C24H30NO6.BrH/c1-3-29-22(27)30-17-7-6-15-12-18-24(28)9-8-16(26)21-23(24,19(15)20(17)31-21)10-11-25(18,2)13-14-4-5-14;/h6-7,14,18,21,28H,3-5,8-13H2,1-2H3;1H/q+1;/p-1/t18-,21+,23+,24-,25-;/m1./s1. The molecule has 2 aliphatic heterocycles. The normalized spacial score (nSPS) is 38.3. The van der Waals surface area contributed by atoms with Crippen LogP contribution in [-0.4, -0.2) is 66.0 Å². The number of ketones is 1. The number of likely N-dealkylation sites (tertiary alicyclic amines) is 1. The number of likely N-dealkylation sites (N-methyl/N-ethyl adjacent to an activating group) is 1. The monoisotopic (exact) mass is 507 g/mol. The summed E-state index contributed by atoms with van der Waals surface area (Å²) in [7, 11) is 2.29. The Morgan fingerprint density at radius 3 is 2.81 bits per heavy atom. The summed E-state index contributed by atoms with van der Waals surface area (Å²) in [6.07, 6.45) is 3.28. The van der Waals surface area contributed by atoms with Gasteiger partial charge in [-0.05, 0) is 37.8 Å². The molecule has 5 aliphatic rings. The van der Waals surface area contributed by atoms with Gasteiger partial charge in [-0.25, -0.2) is 4.79 Å². The van der Waals surface area contributed by atoms with Gasteiger partial charge in [-0.1, -0.05) is 6.07 Å². The Bertz CT molecular complexity index is 995. The Balaban J connectivity index is 0.00000216. The molecule has 1 aromatic carbocycles. The van der Waals surface area contributed by atoms with E-state index >= 15 is 0 Å². The Kier molecular flexibility index (Phi) is 4.97. The lowest BCUT2D eigenvalue weighted by Gasteiger charge is -2.64. The number of rotatable bonds is 4. The number of nitrogens with zero attached hydrogens (tertiary/aromatic N) is 1. The van der Waals surface area contributed by atoms with Crippen LogP contribution in [0.2, 0.25) is 0 Å². The van der Waals surface area contributed by atoms with Crippen LogP contribution in [0.15, 0.2) is 12.1 Å². The molecule has 3 aliphatic carbocycles. The topological polar surface area (TPSA) is 82.1 Å². The molecule has 2 bridgehead atoms. The van der Waals surface area contributed by atoms with Gasteiger partial charge in [0.05, 0.1) is 32.2 Å². The van der Waals surface area contributed by atoms with Gasteiger partial charge in [0.1, 0.15) is 11.6 Å². The van der Waals surface area contributed by atoms with E-state index in [9.17, 15) is 14.7 Å². The van der Waals surface area contributed by atoms with Gasteiger partial charge in [0.2, 0.25) is 0 Å². The van der Waals surface area contributed by atoms with Crippen molar-refractivity contribution < 1.29 is 50.4 Å². The van der Waals surface area contributed by atoms with Gasteiger partial charge < -0.3 is 40.8 Å². The molecule has 8 heteroatoms. The lowest BCUT2D eigenvalue weighted by Crippen LogP contribution is -3.00.